The molecule has 1 aromatic rings. The van der Waals surface area contributed by atoms with E-state index >= 15 is 0 Å². The van der Waals surface area contributed by atoms with E-state index < -0.39 is 5.92 Å². The Balaban J connectivity index is 1.77. The smallest absolute Gasteiger partial charge is 0.315 e. The monoisotopic (exact) mass is 477 g/mol. The molecule has 2 aliphatic carbocycles. The molecule has 3 aliphatic rings. The van der Waals surface area contributed by atoms with Gasteiger partial charge in [0.05, 0.1) is 0 Å². The van der Waals surface area contributed by atoms with Crippen molar-refractivity contribution in [2.45, 2.75) is 63.9 Å². The lowest BCUT2D eigenvalue weighted by Crippen LogP contribution is -2.38. The molecule has 142 valence electrons. The molecule has 0 aromatic heterocycles. The molecule has 0 radical (unpaired) electrons. The van der Waals surface area contributed by atoms with Crippen LogP contribution in [0.1, 0.15) is 63.4 Å². The minimum absolute atomic E-state index is 0.0122. The topological polar surface area (TPSA) is 55.7 Å². The molecule has 4 rings (SSSR count). The molecule has 0 bridgehead atoms. The third-order valence-corrected chi connectivity index (χ3v) is 6.90. The predicted octanol–water partition coefficient (Wildman–Crippen LogP) is 4.96. The quantitative estimate of drug-likeness (QED) is 0.457. The van der Waals surface area contributed by atoms with Crippen molar-refractivity contribution in [3.63, 3.8) is 0 Å². The Morgan fingerprint density at radius 3 is 2.63 bits per heavy atom. The summed E-state index contributed by atoms with van der Waals surface area (Å²) < 4.78 is 6.94. The van der Waals surface area contributed by atoms with Crippen LogP contribution in [0.4, 0.5) is 0 Å². The van der Waals surface area contributed by atoms with Gasteiger partial charge in [0.15, 0.2) is 5.78 Å². The summed E-state index contributed by atoms with van der Waals surface area (Å²) >= 11 is 2.30. The standard InChI is InChI=1S/C22H24INO3/c1-13-19(22(26)27-14-7-2-3-8-14)20(15-9-4-5-10-16(15)23)21-17(24-13)11-6-12-18(21)25/h4-5,9-10,14,19-20H,2-3,6-8,11-12H2,1H3/t19?,20-/m0/s1. The van der Waals surface area contributed by atoms with Crippen molar-refractivity contribution in [2.75, 3.05) is 0 Å². The van der Waals surface area contributed by atoms with E-state index in [9.17, 15) is 9.59 Å². The number of carbonyl (C=O) groups is 2. The van der Waals surface area contributed by atoms with Gasteiger partial charge in [-0.05, 0) is 79.7 Å². The lowest BCUT2D eigenvalue weighted by Gasteiger charge is -2.35. The number of rotatable bonds is 3. The van der Waals surface area contributed by atoms with Gasteiger partial charge in [-0.3, -0.25) is 14.6 Å². The van der Waals surface area contributed by atoms with E-state index in [-0.39, 0.29) is 23.8 Å². The van der Waals surface area contributed by atoms with Crippen molar-refractivity contribution in [2.24, 2.45) is 10.9 Å². The number of nitrogens with zero attached hydrogens (tertiary/aromatic N) is 1. The number of hydrogen-bond acceptors (Lipinski definition) is 4. The summed E-state index contributed by atoms with van der Waals surface area (Å²) in [6, 6.07) is 8.03. The molecule has 2 atom stereocenters. The van der Waals surface area contributed by atoms with E-state index in [4.69, 9.17) is 9.73 Å². The van der Waals surface area contributed by atoms with E-state index in [1.165, 1.54) is 0 Å². The van der Waals surface area contributed by atoms with Crippen LogP contribution in [0.3, 0.4) is 0 Å². The fraction of sp³-hybridized carbons (Fsp3) is 0.500. The Labute approximate surface area is 173 Å². The van der Waals surface area contributed by atoms with Crippen LogP contribution >= 0.6 is 22.6 Å². The van der Waals surface area contributed by atoms with Gasteiger partial charge in [-0.2, -0.15) is 0 Å². The first-order valence-corrected chi connectivity index (χ1v) is 10.9. The van der Waals surface area contributed by atoms with E-state index in [1.807, 2.05) is 31.2 Å². The molecule has 4 nitrogen and oxygen atoms in total. The van der Waals surface area contributed by atoms with E-state index in [0.717, 1.165) is 64.6 Å². The molecule has 1 fully saturated rings. The largest absolute Gasteiger partial charge is 0.462 e. The zero-order chi connectivity index (χ0) is 19.0. The molecule has 0 saturated heterocycles. The fourth-order valence-corrected chi connectivity index (χ4v) is 5.34. The van der Waals surface area contributed by atoms with Crippen molar-refractivity contribution in [1.82, 2.24) is 0 Å². The molecule has 1 saturated carbocycles. The van der Waals surface area contributed by atoms with Crippen molar-refractivity contribution in [3.05, 3.63) is 44.7 Å². The predicted molar refractivity (Wildman–Crippen MR) is 113 cm³/mol. The number of hydrogen-bond donors (Lipinski definition) is 0. The molecule has 1 aromatic carbocycles. The maximum Gasteiger partial charge on any atom is 0.315 e. The number of halogens is 1. The molecule has 5 heteroatoms. The second-order valence-electron chi connectivity index (χ2n) is 7.71. The number of esters is 1. The molecule has 0 amide bonds. The van der Waals surface area contributed by atoms with Crippen LogP contribution in [-0.4, -0.2) is 23.6 Å². The lowest BCUT2D eigenvalue weighted by molar-refractivity contribution is -0.151. The lowest BCUT2D eigenvalue weighted by atomic mass is 9.72. The Bertz CT molecular complexity index is 836. The van der Waals surface area contributed by atoms with Gasteiger partial charge in [0.25, 0.3) is 0 Å². The minimum Gasteiger partial charge on any atom is -0.462 e. The summed E-state index contributed by atoms with van der Waals surface area (Å²) in [6.45, 7) is 1.91. The number of ketones is 1. The molecule has 1 unspecified atom stereocenters. The summed E-state index contributed by atoms with van der Waals surface area (Å²) in [7, 11) is 0. The van der Waals surface area contributed by atoms with Crippen molar-refractivity contribution in [3.8, 4) is 0 Å². The number of allylic oxidation sites excluding steroid dienone is 2. The maximum absolute atomic E-state index is 13.2. The van der Waals surface area contributed by atoms with Gasteiger partial charge in [-0.25, -0.2) is 0 Å². The van der Waals surface area contributed by atoms with Gasteiger partial charge in [-0.1, -0.05) is 18.2 Å². The molecule has 0 spiro atoms. The summed E-state index contributed by atoms with van der Waals surface area (Å²) in [6.07, 6.45) is 6.31. The van der Waals surface area contributed by atoms with Gasteiger partial charge in [-0.15, -0.1) is 0 Å². The maximum atomic E-state index is 13.2. The first kappa shape index (κ1) is 18.8. The highest BCUT2D eigenvalue weighted by atomic mass is 127. The van der Waals surface area contributed by atoms with Crippen LogP contribution in [-0.2, 0) is 14.3 Å². The highest BCUT2D eigenvalue weighted by Gasteiger charge is 2.44. The van der Waals surface area contributed by atoms with Crippen molar-refractivity contribution in [1.29, 1.82) is 0 Å². The first-order chi connectivity index (χ1) is 13.1. The number of benzene rings is 1. The number of ether oxygens (including phenoxy) is 1. The number of aliphatic imine (C=N–C) groups is 1. The Morgan fingerprint density at radius 2 is 1.89 bits per heavy atom. The molecule has 1 aliphatic heterocycles. The molecule has 1 heterocycles. The van der Waals surface area contributed by atoms with E-state index in [1.54, 1.807) is 0 Å². The average Bonchev–Trinajstić information content (AvgIpc) is 3.14. The third-order valence-electron chi connectivity index (χ3n) is 5.91. The van der Waals surface area contributed by atoms with Gasteiger partial charge in [0.1, 0.15) is 12.0 Å². The van der Waals surface area contributed by atoms with Crippen LogP contribution in [0.5, 0.6) is 0 Å². The minimum atomic E-state index is -0.512. The second kappa shape index (κ2) is 7.86. The molecular weight excluding hydrogens is 453 g/mol. The second-order valence-corrected chi connectivity index (χ2v) is 8.87. The molecular formula is C22H24INO3. The number of Topliss-reactive ketones (excluding diaryl/α,β-unsaturated/α-hetero) is 1. The fourth-order valence-electron chi connectivity index (χ4n) is 4.62. The SMILES string of the molecule is CC1=NC2=C(C(=O)CCC2)[C@@H](c2ccccc2I)C1C(=O)OC1CCCC1. The van der Waals surface area contributed by atoms with E-state index in [2.05, 4.69) is 22.6 Å². The zero-order valence-electron chi connectivity index (χ0n) is 15.5. The van der Waals surface area contributed by atoms with Crippen LogP contribution in [0, 0.1) is 9.49 Å². The van der Waals surface area contributed by atoms with Gasteiger partial charge < -0.3 is 4.74 Å². The highest BCUT2D eigenvalue weighted by molar-refractivity contribution is 14.1. The first-order valence-electron chi connectivity index (χ1n) is 9.82. The van der Waals surface area contributed by atoms with Gasteiger partial charge in [0, 0.05) is 32.9 Å². The molecule has 0 N–H and O–H groups in total. The normalized spacial score (nSPS) is 26.0. The average molecular weight is 477 g/mol. The summed E-state index contributed by atoms with van der Waals surface area (Å²) in [5, 5.41) is 0. The third kappa shape index (κ3) is 3.62. The van der Waals surface area contributed by atoms with Crippen LogP contribution < -0.4 is 0 Å². The van der Waals surface area contributed by atoms with Gasteiger partial charge >= 0.3 is 5.97 Å². The Morgan fingerprint density at radius 1 is 1.15 bits per heavy atom. The van der Waals surface area contributed by atoms with Crippen LogP contribution in [0.2, 0.25) is 0 Å². The van der Waals surface area contributed by atoms with Crippen molar-refractivity contribution < 1.29 is 14.3 Å². The van der Waals surface area contributed by atoms with Crippen LogP contribution in [0.25, 0.3) is 0 Å². The Kier molecular flexibility index (Phi) is 5.48. The van der Waals surface area contributed by atoms with Gasteiger partial charge in [0.2, 0.25) is 0 Å². The van der Waals surface area contributed by atoms with Crippen LogP contribution in [0.15, 0.2) is 40.5 Å². The Hall–Kier alpha value is -1.50. The zero-order valence-corrected chi connectivity index (χ0v) is 17.7. The molecule has 27 heavy (non-hydrogen) atoms. The summed E-state index contributed by atoms with van der Waals surface area (Å²) in [4.78, 5) is 30.8. The van der Waals surface area contributed by atoms with Crippen molar-refractivity contribution >= 4 is 40.1 Å². The summed E-state index contributed by atoms with van der Waals surface area (Å²) in [5.41, 5.74) is 3.42. The van der Waals surface area contributed by atoms with E-state index in [0.29, 0.717) is 6.42 Å². The highest BCUT2D eigenvalue weighted by Crippen LogP contribution is 2.45. The summed E-state index contributed by atoms with van der Waals surface area (Å²) in [5.74, 6) is -0.886. The number of carbonyl (C=O) groups excluding carboxylic acids is 2.